The molecular weight excluding hydrogens is 617 g/mol. The first-order valence-electron chi connectivity index (χ1n) is 16.1. The molecular formula is C35H44N5O6P. The average molecular weight is 662 g/mol. The van der Waals surface area contributed by atoms with Crippen LogP contribution in [-0.2, 0) is 35.5 Å². The van der Waals surface area contributed by atoms with E-state index in [-0.39, 0.29) is 19.8 Å². The number of carbonyl (C=O) groups is 1. The molecule has 2 aromatic heterocycles. The van der Waals surface area contributed by atoms with Crippen LogP contribution in [0.3, 0.4) is 0 Å². The standard InChI is InChI=1S/C35H44N5O6P/c1-6-9-20-44-34(41)24(4)39-47(42,46-27-19-18-25-14-10-11-15-26(25)21-27)45-23-35(5,7-2)40-30(22-43-8-3)38-31-32(40)28-16-12-13-17-29(28)37-33(31)36/h10-19,21,24H,6-9,20,22-23H2,1-5H3,(H2,36,37)(H,39,42)/t24-,35+,47?/m0/s1. The number of aromatic nitrogens is 3. The van der Waals surface area contributed by atoms with Crippen LogP contribution in [0.2, 0.25) is 0 Å². The predicted octanol–water partition coefficient (Wildman–Crippen LogP) is 7.51. The highest BCUT2D eigenvalue weighted by molar-refractivity contribution is 7.52. The van der Waals surface area contributed by atoms with Crippen molar-refractivity contribution in [3.63, 3.8) is 0 Å². The lowest BCUT2D eigenvalue weighted by molar-refractivity contribution is -0.145. The molecule has 12 heteroatoms. The molecule has 1 unspecified atom stereocenters. The van der Waals surface area contributed by atoms with E-state index in [2.05, 4.69) is 14.6 Å². The minimum Gasteiger partial charge on any atom is -0.465 e. The number of pyridine rings is 1. The molecule has 2 heterocycles. The molecule has 47 heavy (non-hydrogen) atoms. The number of unbranched alkanes of at least 4 members (excludes halogenated alkanes) is 1. The van der Waals surface area contributed by atoms with Crippen molar-refractivity contribution in [3.8, 4) is 5.75 Å². The molecule has 0 aliphatic heterocycles. The fourth-order valence-electron chi connectivity index (χ4n) is 5.45. The van der Waals surface area contributed by atoms with E-state index in [0.29, 0.717) is 35.9 Å². The Balaban J connectivity index is 1.54. The molecule has 3 aromatic carbocycles. The summed E-state index contributed by atoms with van der Waals surface area (Å²) >= 11 is 0. The first-order valence-corrected chi connectivity index (χ1v) is 17.7. The van der Waals surface area contributed by atoms with Crippen molar-refractivity contribution in [2.24, 2.45) is 0 Å². The van der Waals surface area contributed by atoms with Gasteiger partial charge in [0.2, 0.25) is 0 Å². The highest BCUT2D eigenvalue weighted by Gasteiger charge is 2.38. The van der Waals surface area contributed by atoms with Gasteiger partial charge in [-0.1, -0.05) is 68.8 Å². The van der Waals surface area contributed by atoms with Gasteiger partial charge in [-0.3, -0.25) is 9.32 Å². The number of hydrogen-bond acceptors (Lipinski definition) is 9. The number of nitrogen functional groups attached to an aromatic ring is 1. The van der Waals surface area contributed by atoms with Gasteiger partial charge in [0, 0.05) is 12.0 Å². The maximum atomic E-state index is 14.6. The number of nitrogens with one attached hydrogen (secondary N) is 1. The Morgan fingerprint density at radius 2 is 1.79 bits per heavy atom. The van der Waals surface area contributed by atoms with Crippen molar-refractivity contribution in [1.29, 1.82) is 0 Å². The van der Waals surface area contributed by atoms with Crippen LogP contribution in [0.25, 0.3) is 32.7 Å². The lowest BCUT2D eigenvalue weighted by Crippen LogP contribution is -2.39. The van der Waals surface area contributed by atoms with Gasteiger partial charge in [-0.05, 0) is 62.6 Å². The molecule has 0 bridgehead atoms. The van der Waals surface area contributed by atoms with E-state index in [1.807, 2.05) is 82.3 Å². The monoisotopic (exact) mass is 661 g/mol. The number of para-hydroxylation sites is 1. The van der Waals surface area contributed by atoms with Crippen LogP contribution in [0.15, 0.2) is 66.7 Å². The number of imidazole rings is 1. The Morgan fingerprint density at radius 3 is 2.53 bits per heavy atom. The molecule has 0 radical (unpaired) electrons. The Morgan fingerprint density at radius 1 is 1.04 bits per heavy atom. The topological polar surface area (TPSA) is 140 Å². The molecule has 5 aromatic rings. The number of anilines is 1. The second-order valence-corrected chi connectivity index (χ2v) is 13.5. The first kappa shape index (κ1) is 34.3. The molecule has 3 N–H and O–H groups in total. The molecule has 0 aliphatic carbocycles. The number of benzene rings is 3. The Labute approximate surface area is 275 Å². The van der Waals surface area contributed by atoms with Crippen LogP contribution in [-0.4, -0.2) is 46.4 Å². The summed E-state index contributed by atoms with van der Waals surface area (Å²) in [5.41, 5.74) is 7.68. The van der Waals surface area contributed by atoms with Crippen molar-refractivity contribution < 1.29 is 27.9 Å². The van der Waals surface area contributed by atoms with Crippen LogP contribution in [0.5, 0.6) is 5.75 Å². The van der Waals surface area contributed by atoms with Gasteiger partial charge in [0.15, 0.2) is 5.82 Å². The summed E-state index contributed by atoms with van der Waals surface area (Å²) in [4.78, 5) is 22.3. The predicted molar refractivity (Wildman–Crippen MR) is 185 cm³/mol. The van der Waals surface area contributed by atoms with Gasteiger partial charge in [0.05, 0.1) is 29.8 Å². The van der Waals surface area contributed by atoms with Crippen molar-refractivity contribution in [3.05, 3.63) is 72.6 Å². The summed E-state index contributed by atoms with van der Waals surface area (Å²) in [5, 5.41) is 5.62. The van der Waals surface area contributed by atoms with Crippen LogP contribution in [0.1, 0.15) is 59.7 Å². The maximum absolute atomic E-state index is 14.6. The Bertz CT molecular complexity index is 1910. The van der Waals surface area contributed by atoms with Gasteiger partial charge in [-0.15, -0.1) is 0 Å². The number of fused-ring (bicyclic) bond motifs is 4. The zero-order chi connectivity index (χ0) is 33.6. The highest BCUT2D eigenvalue weighted by Crippen LogP contribution is 2.47. The summed E-state index contributed by atoms with van der Waals surface area (Å²) in [7, 11) is -4.19. The number of esters is 1. The highest BCUT2D eigenvalue weighted by atomic mass is 31.2. The first-order chi connectivity index (χ1) is 22.6. The van der Waals surface area contributed by atoms with Crippen LogP contribution in [0, 0.1) is 0 Å². The second-order valence-electron chi connectivity index (χ2n) is 11.8. The van der Waals surface area contributed by atoms with E-state index < -0.39 is 25.3 Å². The number of ether oxygens (including phenoxy) is 2. The Hall–Kier alpha value is -4.02. The van der Waals surface area contributed by atoms with Gasteiger partial charge in [0.25, 0.3) is 0 Å². The molecule has 11 nitrogen and oxygen atoms in total. The molecule has 0 amide bonds. The van der Waals surface area contributed by atoms with Gasteiger partial charge in [-0.2, -0.15) is 5.09 Å². The van der Waals surface area contributed by atoms with Crippen molar-refractivity contribution in [2.45, 2.75) is 72.1 Å². The van der Waals surface area contributed by atoms with E-state index in [1.165, 1.54) is 0 Å². The summed E-state index contributed by atoms with van der Waals surface area (Å²) in [5.74, 6) is 0.721. The number of nitrogens with zero attached hydrogens (tertiary/aromatic N) is 3. The Kier molecular flexibility index (Phi) is 10.8. The van der Waals surface area contributed by atoms with E-state index in [1.54, 1.807) is 19.1 Å². The zero-order valence-corrected chi connectivity index (χ0v) is 28.6. The molecule has 0 saturated heterocycles. The maximum Gasteiger partial charge on any atom is 0.459 e. The summed E-state index contributed by atoms with van der Waals surface area (Å²) < 4.78 is 40.3. The smallest absolute Gasteiger partial charge is 0.459 e. The average Bonchev–Trinajstić information content (AvgIpc) is 3.47. The number of carbonyl (C=O) groups excluding carboxylic acids is 1. The van der Waals surface area contributed by atoms with Gasteiger partial charge < -0.3 is 24.3 Å². The number of hydrogen-bond donors (Lipinski definition) is 2. The van der Waals surface area contributed by atoms with Crippen LogP contribution in [0.4, 0.5) is 5.82 Å². The van der Waals surface area contributed by atoms with E-state index in [0.717, 1.165) is 40.0 Å². The van der Waals surface area contributed by atoms with E-state index in [4.69, 9.17) is 29.2 Å². The molecule has 0 spiro atoms. The largest absolute Gasteiger partial charge is 0.465 e. The number of nitrogens with two attached hydrogens (primary N) is 1. The molecule has 0 saturated carbocycles. The minimum absolute atomic E-state index is 0.0693. The lowest BCUT2D eigenvalue weighted by Gasteiger charge is -2.34. The third kappa shape index (κ3) is 7.60. The fourth-order valence-corrected chi connectivity index (χ4v) is 7.05. The second kappa shape index (κ2) is 14.8. The van der Waals surface area contributed by atoms with Gasteiger partial charge >= 0.3 is 13.7 Å². The van der Waals surface area contributed by atoms with Crippen molar-refractivity contribution in [1.82, 2.24) is 19.6 Å². The summed E-state index contributed by atoms with van der Waals surface area (Å²) in [6.07, 6.45) is 2.16. The molecule has 0 aliphatic rings. The fraction of sp³-hybridized carbons (Fsp3) is 0.400. The summed E-state index contributed by atoms with van der Waals surface area (Å²) in [6.45, 7) is 10.4. The van der Waals surface area contributed by atoms with Crippen LogP contribution < -0.4 is 15.3 Å². The minimum atomic E-state index is -4.19. The molecule has 3 atom stereocenters. The SMILES string of the molecule is CCCCOC(=O)[C@H](C)NP(=O)(OC[C@@](C)(CC)n1c(COCC)nc2c(N)nc3ccccc3c21)Oc1ccc2ccccc2c1. The van der Waals surface area contributed by atoms with Gasteiger partial charge in [0.1, 0.15) is 29.7 Å². The van der Waals surface area contributed by atoms with Crippen LogP contribution >= 0.6 is 7.75 Å². The third-order valence-corrected chi connectivity index (χ3v) is 9.89. The molecule has 5 rings (SSSR count). The summed E-state index contributed by atoms with van der Waals surface area (Å²) in [6, 6.07) is 20.0. The normalized spacial score (nSPS) is 15.0. The molecule has 0 fully saturated rings. The van der Waals surface area contributed by atoms with Crippen molar-refractivity contribution >= 4 is 52.2 Å². The number of rotatable bonds is 16. The van der Waals surface area contributed by atoms with E-state index in [9.17, 15) is 9.36 Å². The van der Waals surface area contributed by atoms with Crippen molar-refractivity contribution in [2.75, 3.05) is 25.6 Å². The molecule has 250 valence electrons. The van der Waals surface area contributed by atoms with E-state index >= 15 is 0 Å². The lowest BCUT2D eigenvalue weighted by atomic mass is 9.98. The third-order valence-electron chi connectivity index (χ3n) is 8.27. The van der Waals surface area contributed by atoms with Gasteiger partial charge in [-0.25, -0.2) is 14.5 Å². The quantitative estimate of drug-likeness (QED) is 0.0620. The zero-order valence-electron chi connectivity index (χ0n) is 27.7.